The molecule has 0 heterocycles. The summed E-state index contributed by atoms with van der Waals surface area (Å²) >= 11 is 0. The predicted octanol–water partition coefficient (Wildman–Crippen LogP) is -0.696. The van der Waals surface area contributed by atoms with Gasteiger partial charge in [0, 0.05) is 26.2 Å². The van der Waals surface area contributed by atoms with E-state index in [1.54, 1.807) is 0 Å². The Kier molecular flexibility index (Phi) is 25.2. The minimum absolute atomic E-state index is 0. The summed E-state index contributed by atoms with van der Waals surface area (Å²) in [7, 11) is 0. The first-order chi connectivity index (χ1) is 1.73. The van der Waals surface area contributed by atoms with E-state index in [1.165, 1.54) is 0 Å². The summed E-state index contributed by atoms with van der Waals surface area (Å²) < 4.78 is 0. The second-order valence-electron chi connectivity index (χ2n) is 0.283. The molecule has 0 bridgehead atoms. The Morgan fingerprint density at radius 2 is 1.33 bits per heavy atom. The molecule has 6 heavy (non-hydrogen) atoms. The van der Waals surface area contributed by atoms with Gasteiger partial charge in [-0.3, -0.25) is 0 Å². The fraction of sp³-hybridized carbons (Fsp3) is 0. The quantitative estimate of drug-likeness (QED) is 0.503. The fourth-order valence-corrected chi connectivity index (χ4v) is 0. The SMILES string of the molecule is O=C(O)O.[CaH2].[Zr]. The minimum atomic E-state index is -1.83. The average Bonchev–Trinajstić information content (AvgIpc) is 0.811. The number of hydrogen-bond donors (Lipinski definition) is 2. The van der Waals surface area contributed by atoms with Crippen LogP contribution in [0.1, 0.15) is 0 Å². The van der Waals surface area contributed by atoms with E-state index >= 15 is 0 Å². The van der Waals surface area contributed by atoms with Crippen LogP contribution in [-0.2, 0) is 26.2 Å². The van der Waals surface area contributed by atoms with Gasteiger partial charge in [-0.1, -0.05) is 0 Å². The first kappa shape index (κ1) is 15.7. The molecule has 2 N–H and O–H groups in total. The third-order valence-electron chi connectivity index (χ3n) is 0. The van der Waals surface area contributed by atoms with Crippen LogP contribution < -0.4 is 0 Å². The van der Waals surface area contributed by atoms with Crippen molar-refractivity contribution in [1.82, 2.24) is 0 Å². The molecule has 3 nitrogen and oxygen atoms in total. The van der Waals surface area contributed by atoms with Crippen LogP contribution in [0.2, 0.25) is 0 Å². The molecule has 0 saturated heterocycles. The number of hydrogen-bond acceptors (Lipinski definition) is 1. The molecule has 0 aromatic carbocycles. The largest absolute Gasteiger partial charge is 0 e. The summed E-state index contributed by atoms with van der Waals surface area (Å²) in [5.41, 5.74) is 0. The van der Waals surface area contributed by atoms with Gasteiger partial charge in [-0.25, -0.2) is 4.79 Å². The van der Waals surface area contributed by atoms with Gasteiger partial charge >= 0.3 is 43.9 Å². The zero-order valence-corrected chi connectivity index (χ0v) is 4.76. The van der Waals surface area contributed by atoms with Gasteiger partial charge in [-0.05, 0) is 0 Å². The van der Waals surface area contributed by atoms with Crippen molar-refractivity contribution in [2.45, 2.75) is 0 Å². The smallest absolute Gasteiger partial charge is 0 e. The van der Waals surface area contributed by atoms with E-state index in [1.807, 2.05) is 0 Å². The maximum absolute atomic E-state index is 8.56. The van der Waals surface area contributed by atoms with Gasteiger partial charge < -0.3 is 10.2 Å². The number of rotatable bonds is 0. The van der Waals surface area contributed by atoms with Crippen molar-refractivity contribution in [2.24, 2.45) is 0 Å². The Balaban J connectivity index is -0.0000000450. The van der Waals surface area contributed by atoms with Crippen LogP contribution in [0.3, 0.4) is 0 Å². The fourth-order valence-electron chi connectivity index (χ4n) is 0. The summed E-state index contributed by atoms with van der Waals surface area (Å²) in [6.45, 7) is 0. The summed E-state index contributed by atoms with van der Waals surface area (Å²) in [4.78, 5) is 8.56. The van der Waals surface area contributed by atoms with E-state index in [2.05, 4.69) is 0 Å². The van der Waals surface area contributed by atoms with E-state index in [4.69, 9.17) is 15.0 Å². The first-order valence-electron chi connectivity index (χ1n) is 0.651. The number of carbonyl (C=O) groups is 1. The Morgan fingerprint density at radius 1 is 1.33 bits per heavy atom. The molecule has 0 aliphatic heterocycles. The van der Waals surface area contributed by atoms with Crippen molar-refractivity contribution < 1.29 is 41.2 Å². The average molecular weight is 195 g/mol. The van der Waals surface area contributed by atoms with Crippen LogP contribution in [-0.4, -0.2) is 54.1 Å². The van der Waals surface area contributed by atoms with Crippen LogP contribution in [0.15, 0.2) is 0 Å². The van der Waals surface area contributed by atoms with Crippen LogP contribution in [0, 0.1) is 0 Å². The molecule has 0 unspecified atom stereocenters. The predicted molar refractivity (Wildman–Crippen MR) is 19.2 cm³/mol. The van der Waals surface area contributed by atoms with Crippen molar-refractivity contribution >= 4 is 43.9 Å². The normalized spacial score (nSPS) is 4.00. The van der Waals surface area contributed by atoms with Gasteiger partial charge in [-0.2, -0.15) is 0 Å². The van der Waals surface area contributed by atoms with Crippen molar-refractivity contribution in [1.29, 1.82) is 0 Å². The summed E-state index contributed by atoms with van der Waals surface area (Å²) in [5.74, 6) is 0. The molecule has 5 heteroatoms. The van der Waals surface area contributed by atoms with Crippen molar-refractivity contribution in [3.8, 4) is 0 Å². The molecule has 0 aliphatic rings. The van der Waals surface area contributed by atoms with Gasteiger partial charge in [-0.15, -0.1) is 0 Å². The van der Waals surface area contributed by atoms with E-state index in [-0.39, 0.29) is 63.9 Å². The molecule has 0 spiro atoms. The van der Waals surface area contributed by atoms with Crippen molar-refractivity contribution in [3.05, 3.63) is 0 Å². The summed E-state index contributed by atoms with van der Waals surface area (Å²) in [6, 6.07) is 0. The Bertz CT molecular complexity index is 33.8. The monoisotopic (exact) mass is 194 g/mol. The molecule has 0 amide bonds. The van der Waals surface area contributed by atoms with Gasteiger partial charge in [0.2, 0.25) is 0 Å². The van der Waals surface area contributed by atoms with Gasteiger partial charge in [0.25, 0.3) is 0 Å². The molecule has 0 aliphatic carbocycles. The third kappa shape index (κ3) is 52.8. The van der Waals surface area contributed by atoms with Crippen LogP contribution in [0.5, 0.6) is 0 Å². The molecular weight excluding hydrogens is 191 g/mol. The maximum Gasteiger partial charge on any atom is 0 e. The van der Waals surface area contributed by atoms with Crippen LogP contribution in [0.4, 0.5) is 4.79 Å². The Morgan fingerprint density at radius 3 is 1.33 bits per heavy atom. The molecule has 0 aromatic rings. The molecule has 0 radical (unpaired) electrons. The van der Waals surface area contributed by atoms with Gasteiger partial charge in [0.1, 0.15) is 0 Å². The van der Waals surface area contributed by atoms with Gasteiger partial charge in [0.15, 0.2) is 0 Å². The zero-order valence-electron chi connectivity index (χ0n) is 2.30. The van der Waals surface area contributed by atoms with Gasteiger partial charge in [0.05, 0.1) is 0 Å². The van der Waals surface area contributed by atoms with E-state index in [0.29, 0.717) is 0 Å². The van der Waals surface area contributed by atoms with E-state index in [0.717, 1.165) is 0 Å². The maximum atomic E-state index is 8.56. The number of carboxylic acid groups (broad SMARTS) is 2. The Labute approximate surface area is 83.9 Å². The van der Waals surface area contributed by atoms with E-state index < -0.39 is 6.16 Å². The summed E-state index contributed by atoms with van der Waals surface area (Å²) in [6.07, 6.45) is -1.83. The van der Waals surface area contributed by atoms with Crippen LogP contribution >= 0.6 is 0 Å². The van der Waals surface area contributed by atoms with Crippen LogP contribution in [0.25, 0.3) is 0 Å². The molecule has 0 rings (SSSR count). The van der Waals surface area contributed by atoms with Crippen molar-refractivity contribution in [2.75, 3.05) is 0 Å². The second-order valence-corrected chi connectivity index (χ2v) is 0.283. The molecule has 0 atom stereocenters. The standard InChI is InChI=1S/CH2O3.Ca.Zr.2H/c2-1(3)4;;;;/h(H2,2,3,4);;;;. The van der Waals surface area contributed by atoms with Crippen molar-refractivity contribution in [3.63, 3.8) is 0 Å². The Hall–Kier alpha value is 1.41. The third-order valence-corrected chi connectivity index (χ3v) is 0. The minimum Gasteiger partial charge on any atom is 0 e. The summed E-state index contributed by atoms with van der Waals surface area (Å²) in [5, 5.41) is 13.9. The molecule has 0 saturated carbocycles. The molecule has 32 valence electrons. The molecule has 0 aromatic heterocycles. The zero-order chi connectivity index (χ0) is 3.58. The molecular formula is CH4CaO3Zr. The van der Waals surface area contributed by atoms with E-state index in [9.17, 15) is 0 Å². The molecule has 0 fully saturated rings. The first-order valence-corrected chi connectivity index (χ1v) is 0.651. The second kappa shape index (κ2) is 9.65. The topological polar surface area (TPSA) is 57.5 Å².